The van der Waals surface area contributed by atoms with Crippen LogP contribution in [0.1, 0.15) is 40.4 Å². The highest BCUT2D eigenvalue weighted by molar-refractivity contribution is 6.06. The summed E-state index contributed by atoms with van der Waals surface area (Å²) >= 11 is 0. The van der Waals surface area contributed by atoms with E-state index in [-0.39, 0.29) is 31.5 Å². The Kier molecular flexibility index (Phi) is 4.55. The van der Waals surface area contributed by atoms with Crippen molar-refractivity contribution in [3.8, 4) is 0 Å². The molecule has 1 amide bonds. The van der Waals surface area contributed by atoms with E-state index in [4.69, 9.17) is 4.74 Å². The van der Waals surface area contributed by atoms with E-state index in [9.17, 15) is 13.6 Å². The van der Waals surface area contributed by atoms with Crippen molar-refractivity contribution < 1.29 is 18.3 Å². The molecule has 0 saturated carbocycles. The lowest BCUT2D eigenvalue weighted by atomic mass is 10.0. The van der Waals surface area contributed by atoms with Gasteiger partial charge in [0.2, 0.25) is 0 Å². The van der Waals surface area contributed by atoms with Crippen molar-refractivity contribution >= 4 is 17.4 Å². The highest BCUT2D eigenvalue weighted by Gasteiger charge is 2.39. The molecule has 27 heavy (non-hydrogen) atoms. The number of hydrogen-bond donors (Lipinski definition) is 1. The second-order valence-corrected chi connectivity index (χ2v) is 7.08. The molecule has 4 rings (SSSR count). The summed E-state index contributed by atoms with van der Waals surface area (Å²) in [5, 5.41) is 2.86. The Bertz CT molecular complexity index is 851. The first-order valence-electron chi connectivity index (χ1n) is 9.04. The van der Waals surface area contributed by atoms with Crippen molar-refractivity contribution in [3.05, 3.63) is 53.2 Å². The maximum absolute atomic E-state index is 13.6. The van der Waals surface area contributed by atoms with E-state index in [1.54, 1.807) is 24.4 Å². The number of hydrogen-bond acceptors (Lipinski definition) is 4. The normalized spacial score (nSPS) is 21.0. The van der Waals surface area contributed by atoms with Crippen LogP contribution in [0, 0.1) is 6.92 Å². The zero-order valence-corrected chi connectivity index (χ0v) is 15.0. The minimum absolute atomic E-state index is 0.117. The van der Waals surface area contributed by atoms with Crippen molar-refractivity contribution in [2.45, 2.75) is 31.8 Å². The van der Waals surface area contributed by atoms with Crippen LogP contribution in [0.4, 0.5) is 20.3 Å². The molecule has 2 aromatic rings. The Morgan fingerprint density at radius 2 is 2.04 bits per heavy atom. The summed E-state index contributed by atoms with van der Waals surface area (Å²) < 4.78 is 32.7. The molecule has 1 N–H and O–H groups in total. The molecule has 142 valence electrons. The fourth-order valence-electron chi connectivity index (χ4n) is 3.39. The number of benzene rings is 1. The van der Waals surface area contributed by atoms with E-state index in [0.717, 1.165) is 24.2 Å². The van der Waals surface area contributed by atoms with Crippen LogP contribution in [0.15, 0.2) is 36.5 Å². The fourth-order valence-corrected chi connectivity index (χ4v) is 3.39. The number of carbonyl (C=O) groups is 1. The smallest absolute Gasteiger partial charge is 0.266 e. The summed E-state index contributed by atoms with van der Waals surface area (Å²) in [6.07, 6.45) is 2.47. The van der Waals surface area contributed by atoms with Crippen molar-refractivity contribution in [2.24, 2.45) is 0 Å². The highest BCUT2D eigenvalue weighted by atomic mass is 19.3. The lowest BCUT2D eigenvalue weighted by molar-refractivity contribution is -0.0527. The minimum atomic E-state index is -2.73. The van der Waals surface area contributed by atoms with Crippen LogP contribution in [0.5, 0.6) is 0 Å². The highest BCUT2D eigenvalue weighted by Crippen LogP contribution is 2.35. The van der Waals surface area contributed by atoms with E-state index in [0.29, 0.717) is 17.1 Å². The van der Waals surface area contributed by atoms with E-state index in [1.807, 2.05) is 19.1 Å². The van der Waals surface area contributed by atoms with E-state index in [2.05, 4.69) is 10.3 Å². The standard InChI is InChI=1S/C20H21F2N3O2/c1-13-6-9-23-18(25-10-8-20(21,22)12-25)17(13)24-19(26)15-4-2-14(3-5-15)16-7-11-27-16/h2-6,9,16H,7-8,10-12H2,1H3,(H,24,26). The molecule has 5 nitrogen and oxygen atoms in total. The number of aromatic nitrogens is 1. The average Bonchev–Trinajstić information content (AvgIpc) is 2.95. The molecule has 0 spiro atoms. The number of ether oxygens (including phenoxy) is 1. The maximum atomic E-state index is 13.6. The molecule has 0 bridgehead atoms. The number of anilines is 2. The molecule has 2 aliphatic heterocycles. The monoisotopic (exact) mass is 373 g/mol. The first kappa shape index (κ1) is 17.9. The quantitative estimate of drug-likeness (QED) is 0.882. The van der Waals surface area contributed by atoms with Gasteiger partial charge in [0.15, 0.2) is 5.82 Å². The number of carbonyl (C=O) groups excluding carboxylic acids is 1. The van der Waals surface area contributed by atoms with Gasteiger partial charge in [-0.25, -0.2) is 13.8 Å². The predicted molar refractivity (Wildman–Crippen MR) is 98.5 cm³/mol. The van der Waals surface area contributed by atoms with Gasteiger partial charge in [0.25, 0.3) is 11.8 Å². The summed E-state index contributed by atoms with van der Waals surface area (Å²) in [5.41, 5.74) is 2.81. The van der Waals surface area contributed by atoms with Gasteiger partial charge in [-0.15, -0.1) is 0 Å². The summed E-state index contributed by atoms with van der Waals surface area (Å²) in [6, 6.07) is 9.03. The van der Waals surface area contributed by atoms with Gasteiger partial charge in [0.05, 0.1) is 24.9 Å². The molecule has 0 aliphatic carbocycles. The number of aryl methyl sites for hydroxylation is 1. The van der Waals surface area contributed by atoms with Crippen LogP contribution >= 0.6 is 0 Å². The first-order chi connectivity index (χ1) is 12.9. The second kappa shape index (κ2) is 6.88. The number of alkyl halides is 2. The van der Waals surface area contributed by atoms with Gasteiger partial charge in [0.1, 0.15) is 0 Å². The second-order valence-electron chi connectivity index (χ2n) is 7.08. The largest absolute Gasteiger partial charge is 0.373 e. The summed E-state index contributed by atoms with van der Waals surface area (Å²) in [5.74, 6) is -2.63. The van der Waals surface area contributed by atoms with Crippen molar-refractivity contribution in [1.29, 1.82) is 0 Å². The van der Waals surface area contributed by atoms with E-state index >= 15 is 0 Å². The third-order valence-corrected chi connectivity index (χ3v) is 5.09. The molecule has 0 radical (unpaired) electrons. The Hall–Kier alpha value is -2.54. The zero-order valence-electron chi connectivity index (χ0n) is 15.0. The number of pyridine rings is 1. The Balaban J connectivity index is 1.54. The van der Waals surface area contributed by atoms with Gasteiger partial charge in [-0.2, -0.15) is 0 Å². The maximum Gasteiger partial charge on any atom is 0.266 e. The Morgan fingerprint density at radius 1 is 1.30 bits per heavy atom. The van der Waals surface area contributed by atoms with Crippen LogP contribution < -0.4 is 10.2 Å². The molecule has 3 heterocycles. The number of rotatable bonds is 4. The van der Waals surface area contributed by atoms with Gasteiger partial charge >= 0.3 is 0 Å². The van der Waals surface area contributed by atoms with Gasteiger partial charge in [-0.1, -0.05) is 12.1 Å². The summed E-state index contributed by atoms with van der Waals surface area (Å²) in [6.45, 7) is 2.42. The molecule has 2 fully saturated rings. The molecule has 1 aromatic heterocycles. The molecule has 2 aliphatic rings. The van der Waals surface area contributed by atoms with Gasteiger partial charge in [-0.3, -0.25) is 4.79 Å². The van der Waals surface area contributed by atoms with Crippen LogP contribution in [0.3, 0.4) is 0 Å². The van der Waals surface area contributed by atoms with Crippen molar-refractivity contribution in [3.63, 3.8) is 0 Å². The number of nitrogens with one attached hydrogen (secondary N) is 1. The van der Waals surface area contributed by atoms with Crippen LogP contribution in [-0.4, -0.2) is 36.5 Å². The third-order valence-electron chi connectivity index (χ3n) is 5.09. The van der Waals surface area contributed by atoms with Crippen molar-refractivity contribution in [1.82, 2.24) is 4.98 Å². The average molecular weight is 373 g/mol. The minimum Gasteiger partial charge on any atom is -0.373 e. The molecule has 7 heteroatoms. The number of halogens is 2. The van der Waals surface area contributed by atoms with Crippen LogP contribution in [0.2, 0.25) is 0 Å². The molecule has 1 unspecified atom stereocenters. The Labute approximate surface area is 156 Å². The van der Waals surface area contributed by atoms with Crippen LogP contribution in [0.25, 0.3) is 0 Å². The van der Waals surface area contributed by atoms with Gasteiger partial charge in [-0.05, 0) is 36.2 Å². The Morgan fingerprint density at radius 3 is 2.63 bits per heavy atom. The lowest BCUT2D eigenvalue weighted by Crippen LogP contribution is -2.27. The topological polar surface area (TPSA) is 54.5 Å². The van der Waals surface area contributed by atoms with E-state index < -0.39 is 5.92 Å². The van der Waals surface area contributed by atoms with E-state index in [1.165, 1.54) is 4.90 Å². The first-order valence-corrected chi connectivity index (χ1v) is 9.04. The molecular weight excluding hydrogens is 352 g/mol. The molecular formula is C20H21F2N3O2. The van der Waals surface area contributed by atoms with Crippen LogP contribution in [-0.2, 0) is 4.74 Å². The third kappa shape index (κ3) is 3.64. The molecule has 2 saturated heterocycles. The predicted octanol–water partition coefficient (Wildman–Crippen LogP) is 3.95. The molecule has 1 atom stereocenters. The lowest BCUT2D eigenvalue weighted by Gasteiger charge is -2.26. The molecule has 1 aromatic carbocycles. The van der Waals surface area contributed by atoms with Gasteiger partial charge in [0, 0.05) is 31.1 Å². The number of nitrogens with zero attached hydrogens (tertiary/aromatic N) is 2. The SMILES string of the molecule is Cc1ccnc(N2CCC(F)(F)C2)c1NC(=O)c1ccc(C2CCO2)cc1. The zero-order chi connectivity index (χ0) is 19.0. The summed E-state index contributed by atoms with van der Waals surface area (Å²) in [4.78, 5) is 18.5. The number of amides is 1. The fraction of sp³-hybridized carbons (Fsp3) is 0.400. The van der Waals surface area contributed by atoms with Crippen molar-refractivity contribution in [2.75, 3.05) is 29.9 Å². The van der Waals surface area contributed by atoms with Gasteiger partial charge < -0.3 is 15.0 Å². The summed E-state index contributed by atoms with van der Waals surface area (Å²) in [7, 11) is 0.